The zero-order chi connectivity index (χ0) is 15.3. The molecular formula is C14H18Cl2N2O2. The van der Waals surface area contributed by atoms with Crippen molar-refractivity contribution in [3.63, 3.8) is 0 Å². The summed E-state index contributed by atoms with van der Waals surface area (Å²) in [6.07, 6.45) is 0.171. The summed E-state index contributed by atoms with van der Waals surface area (Å²) in [5, 5.41) is 6.05. The van der Waals surface area contributed by atoms with Crippen LogP contribution in [0.25, 0.3) is 0 Å². The van der Waals surface area contributed by atoms with Crippen molar-refractivity contribution >= 4 is 40.7 Å². The van der Waals surface area contributed by atoms with Gasteiger partial charge in [-0.15, -0.1) is 0 Å². The number of halogens is 2. The van der Waals surface area contributed by atoms with Gasteiger partial charge in [-0.05, 0) is 12.1 Å². The van der Waals surface area contributed by atoms with Crippen LogP contribution in [0.15, 0.2) is 18.2 Å². The van der Waals surface area contributed by atoms with Crippen LogP contribution in [0.2, 0.25) is 10.0 Å². The van der Waals surface area contributed by atoms with Crippen LogP contribution < -0.4 is 10.6 Å². The molecule has 0 aliphatic rings. The molecule has 0 atom stereocenters. The summed E-state index contributed by atoms with van der Waals surface area (Å²) in [4.78, 5) is 23.4. The predicted molar refractivity (Wildman–Crippen MR) is 82.2 cm³/mol. The lowest BCUT2D eigenvalue weighted by Crippen LogP contribution is -2.36. The van der Waals surface area contributed by atoms with Crippen molar-refractivity contribution in [2.45, 2.75) is 27.2 Å². The Kier molecular flexibility index (Phi) is 5.84. The number of nitrogens with one attached hydrogen (secondary N) is 2. The normalized spacial score (nSPS) is 11.1. The Morgan fingerprint density at radius 2 is 1.85 bits per heavy atom. The predicted octanol–water partition coefficient (Wildman–Crippen LogP) is 3.48. The SMILES string of the molecule is CC(C)(C)C(=O)NCCC(=O)Nc1cccc(Cl)c1Cl. The van der Waals surface area contributed by atoms with Gasteiger partial charge in [0.15, 0.2) is 0 Å². The molecule has 0 aliphatic carbocycles. The first-order valence-electron chi connectivity index (χ1n) is 6.24. The molecule has 0 saturated carbocycles. The monoisotopic (exact) mass is 316 g/mol. The fourth-order valence-corrected chi connectivity index (χ4v) is 1.72. The Morgan fingerprint density at radius 3 is 2.45 bits per heavy atom. The van der Waals surface area contributed by atoms with Crippen molar-refractivity contribution in [2.75, 3.05) is 11.9 Å². The Morgan fingerprint density at radius 1 is 1.20 bits per heavy atom. The molecule has 0 fully saturated rings. The second-order valence-electron chi connectivity index (χ2n) is 5.41. The highest BCUT2D eigenvalue weighted by Gasteiger charge is 2.20. The highest BCUT2D eigenvalue weighted by molar-refractivity contribution is 6.43. The van der Waals surface area contributed by atoms with Gasteiger partial charge >= 0.3 is 0 Å². The van der Waals surface area contributed by atoms with Gasteiger partial charge in [0.25, 0.3) is 0 Å². The van der Waals surface area contributed by atoms with E-state index in [1.165, 1.54) is 0 Å². The van der Waals surface area contributed by atoms with Crippen LogP contribution in [0.4, 0.5) is 5.69 Å². The van der Waals surface area contributed by atoms with E-state index in [4.69, 9.17) is 23.2 Å². The Bertz CT molecular complexity index is 510. The molecule has 0 bridgehead atoms. The van der Waals surface area contributed by atoms with E-state index >= 15 is 0 Å². The van der Waals surface area contributed by atoms with Crippen LogP contribution in [0.1, 0.15) is 27.2 Å². The number of benzene rings is 1. The smallest absolute Gasteiger partial charge is 0.226 e. The van der Waals surface area contributed by atoms with Gasteiger partial charge in [0.1, 0.15) is 0 Å². The molecular weight excluding hydrogens is 299 g/mol. The van der Waals surface area contributed by atoms with Gasteiger partial charge in [-0.2, -0.15) is 0 Å². The van der Waals surface area contributed by atoms with Gasteiger partial charge in [-0.1, -0.05) is 50.0 Å². The first-order chi connectivity index (χ1) is 9.21. The van der Waals surface area contributed by atoms with E-state index in [9.17, 15) is 9.59 Å². The molecule has 0 unspecified atom stereocenters. The summed E-state index contributed by atoms with van der Waals surface area (Å²) >= 11 is 11.8. The van der Waals surface area contributed by atoms with Crippen LogP contribution >= 0.6 is 23.2 Å². The topological polar surface area (TPSA) is 58.2 Å². The maximum absolute atomic E-state index is 11.7. The van der Waals surface area contributed by atoms with Crippen molar-refractivity contribution in [1.82, 2.24) is 5.32 Å². The zero-order valence-electron chi connectivity index (χ0n) is 11.7. The number of carbonyl (C=O) groups excluding carboxylic acids is 2. The molecule has 0 aliphatic heterocycles. The van der Waals surface area contributed by atoms with Crippen molar-refractivity contribution in [3.05, 3.63) is 28.2 Å². The molecule has 2 amide bonds. The molecule has 0 aromatic heterocycles. The van der Waals surface area contributed by atoms with Crippen LogP contribution in [0, 0.1) is 5.41 Å². The first kappa shape index (κ1) is 16.8. The lowest BCUT2D eigenvalue weighted by molar-refractivity contribution is -0.128. The standard InChI is InChI=1S/C14H18Cl2N2O2/c1-14(2,3)13(20)17-8-7-11(19)18-10-6-4-5-9(15)12(10)16/h4-6H,7-8H2,1-3H3,(H,17,20)(H,18,19). The van der Waals surface area contributed by atoms with E-state index in [1.54, 1.807) is 18.2 Å². The van der Waals surface area contributed by atoms with Gasteiger partial charge < -0.3 is 10.6 Å². The molecule has 0 spiro atoms. The number of rotatable bonds is 4. The van der Waals surface area contributed by atoms with E-state index < -0.39 is 5.41 Å². The maximum Gasteiger partial charge on any atom is 0.226 e. The van der Waals surface area contributed by atoms with E-state index in [2.05, 4.69) is 10.6 Å². The fraction of sp³-hybridized carbons (Fsp3) is 0.429. The molecule has 4 nitrogen and oxygen atoms in total. The number of carbonyl (C=O) groups is 2. The average Bonchev–Trinajstić information content (AvgIpc) is 2.33. The summed E-state index contributed by atoms with van der Waals surface area (Å²) in [7, 11) is 0. The summed E-state index contributed by atoms with van der Waals surface area (Å²) in [6, 6.07) is 5.01. The molecule has 6 heteroatoms. The van der Waals surface area contributed by atoms with Crippen molar-refractivity contribution in [3.8, 4) is 0 Å². The number of hydrogen-bond donors (Lipinski definition) is 2. The second-order valence-corrected chi connectivity index (χ2v) is 6.19. The summed E-state index contributed by atoms with van der Waals surface area (Å²) in [5.74, 6) is -0.325. The Labute approximate surface area is 128 Å². The molecule has 0 radical (unpaired) electrons. The minimum Gasteiger partial charge on any atom is -0.355 e. The minimum absolute atomic E-state index is 0.0916. The lowest BCUT2D eigenvalue weighted by atomic mass is 9.96. The Hall–Kier alpha value is -1.26. The van der Waals surface area contributed by atoms with Crippen LogP contribution in [0.3, 0.4) is 0 Å². The van der Waals surface area contributed by atoms with Crippen LogP contribution in [0.5, 0.6) is 0 Å². The van der Waals surface area contributed by atoms with E-state index in [0.29, 0.717) is 15.7 Å². The highest BCUT2D eigenvalue weighted by Crippen LogP contribution is 2.29. The third-order valence-corrected chi connectivity index (χ3v) is 3.36. The third kappa shape index (κ3) is 5.02. The van der Waals surface area contributed by atoms with Crippen LogP contribution in [-0.2, 0) is 9.59 Å². The molecule has 20 heavy (non-hydrogen) atoms. The van der Waals surface area contributed by atoms with Gasteiger partial charge in [-0.3, -0.25) is 9.59 Å². The van der Waals surface area contributed by atoms with E-state index in [1.807, 2.05) is 20.8 Å². The molecule has 0 saturated heterocycles. The number of anilines is 1. The first-order valence-corrected chi connectivity index (χ1v) is 6.99. The van der Waals surface area contributed by atoms with Crippen molar-refractivity contribution < 1.29 is 9.59 Å². The van der Waals surface area contributed by atoms with Crippen molar-refractivity contribution in [1.29, 1.82) is 0 Å². The summed E-state index contributed by atoms with van der Waals surface area (Å²) in [6.45, 7) is 5.72. The number of amides is 2. The lowest BCUT2D eigenvalue weighted by Gasteiger charge is -2.17. The summed E-state index contributed by atoms with van der Waals surface area (Å²) < 4.78 is 0. The molecule has 1 aromatic rings. The molecule has 2 N–H and O–H groups in total. The maximum atomic E-state index is 11.7. The molecule has 1 rings (SSSR count). The fourth-order valence-electron chi connectivity index (χ4n) is 1.37. The number of hydrogen-bond acceptors (Lipinski definition) is 2. The van der Waals surface area contributed by atoms with Gasteiger partial charge in [-0.25, -0.2) is 0 Å². The minimum atomic E-state index is -0.466. The largest absolute Gasteiger partial charge is 0.355 e. The van der Waals surface area contributed by atoms with Crippen molar-refractivity contribution in [2.24, 2.45) is 5.41 Å². The Balaban J connectivity index is 2.45. The molecule has 1 aromatic carbocycles. The zero-order valence-corrected chi connectivity index (χ0v) is 13.2. The van der Waals surface area contributed by atoms with Gasteiger partial charge in [0.05, 0.1) is 15.7 Å². The quantitative estimate of drug-likeness (QED) is 0.893. The van der Waals surface area contributed by atoms with E-state index in [-0.39, 0.29) is 24.8 Å². The third-order valence-electron chi connectivity index (χ3n) is 2.54. The average molecular weight is 317 g/mol. The highest BCUT2D eigenvalue weighted by atomic mass is 35.5. The van der Waals surface area contributed by atoms with Crippen LogP contribution in [-0.4, -0.2) is 18.4 Å². The molecule has 110 valence electrons. The summed E-state index contributed by atoms with van der Waals surface area (Å²) in [5.41, 5.74) is -0.00136. The van der Waals surface area contributed by atoms with E-state index in [0.717, 1.165) is 0 Å². The second kappa shape index (κ2) is 6.95. The van der Waals surface area contributed by atoms with Gasteiger partial charge in [0, 0.05) is 18.4 Å². The van der Waals surface area contributed by atoms with Gasteiger partial charge in [0.2, 0.25) is 11.8 Å². The molecule has 0 heterocycles.